The van der Waals surface area contributed by atoms with Crippen LogP contribution in [0.3, 0.4) is 0 Å². The molecule has 2 aliphatic rings. The number of aliphatic hydroxyl groups is 1. The summed E-state index contributed by atoms with van der Waals surface area (Å²) in [4.78, 5) is 0. The van der Waals surface area contributed by atoms with Crippen molar-refractivity contribution in [2.75, 3.05) is 6.61 Å². The van der Waals surface area contributed by atoms with Crippen LogP contribution in [0.2, 0.25) is 0 Å². The summed E-state index contributed by atoms with van der Waals surface area (Å²) in [5.74, 6) is 1.14. The highest BCUT2D eigenvalue weighted by molar-refractivity contribution is 8.00. The van der Waals surface area contributed by atoms with Gasteiger partial charge in [0.25, 0.3) is 0 Å². The molecule has 24 heavy (non-hydrogen) atoms. The van der Waals surface area contributed by atoms with Crippen LogP contribution in [-0.4, -0.2) is 17.3 Å². The summed E-state index contributed by atoms with van der Waals surface area (Å²) in [5, 5.41) is 11.2. The number of hydrogen-bond acceptors (Lipinski definition) is 2. The second-order valence-electron chi connectivity index (χ2n) is 9.37. The van der Waals surface area contributed by atoms with E-state index in [1.165, 1.54) is 31.3 Å². The fourth-order valence-electron chi connectivity index (χ4n) is 5.97. The van der Waals surface area contributed by atoms with Gasteiger partial charge in [0.15, 0.2) is 0 Å². The molecule has 0 saturated heterocycles. The van der Waals surface area contributed by atoms with Gasteiger partial charge in [-0.15, -0.1) is 0 Å². The molecule has 0 bridgehead atoms. The van der Waals surface area contributed by atoms with Crippen LogP contribution in [0.15, 0.2) is 11.6 Å². The summed E-state index contributed by atoms with van der Waals surface area (Å²) in [6, 6.07) is 0. The lowest BCUT2D eigenvalue weighted by molar-refractivity contribution is -0.168. The Labute approximate surface area is 153 Å². The van der Waals surface area contributed by atoms with E-state index in [0.29, 0.717) is 26.4 Å². The molecule has 6 atom stereocenters. The standard InChI is InChI=1S/C20H38O2P2/c1-15(10-14-22-24-23)7-8-17-19(4)12-6-11-18(2,3)16(19)9-13-20(17,5)21/h10,16-17,21,24H,6-9,11-14,23H2,1-5H3/t16?,17-,19+,20-/m1/s1. The van der Waals surface area contributed by atoms with Crippen molar-refractivity contribution >= 4 is 17.4 Å². The van der Waals surface area contributed by atoms with Crippen molar-refractivity contribution in [3.8, 4) is 0 Å². The molecule has 0 amide bonds. The van der Waals surface area contributed by atoms with Crippen LogP contribution in [0.25, 0.3) is 0 Å². The van der Waals surface area contributed by atoms with Crippen molar-refractivity contribution in [3.63, 3.8) is 0 Å². The summed E-state index contributed by atoms with van der Waals surface area (Å²) in [6.07, 6.45) is 10.5. The van der Waals surface area contributed by atoms with Crippen molar-refractivity contribution in [3.05, 3.63) is 11.6 Å². The highest BCUT2D eigenvalue weighted by Crippen LogP contribution is 2.62. The zero-order valence-corrected chi connectivity index (χ0v) is 18.5. The summed E-state index contributed by atoms with van der Waals surface area (Å²) in [7, 11) is 3.10. The normalized spacial score (nSPS) is 40.0. The van der Waals surface area contributed by atoms with Gasteiger partial charge in [0.1, 0.15) is 0 Å². The minimum absolute atomic E-state index is 0.279. The Hall–Kier alpha value is 0.520. The molecular formula is C20H38O2P2. The molecule has 0 aliphatic heterocycles. The first-order valence-electron chi connectivity index (χ1n) is 9.59. The summed E-state index contributed by atoms with van der Waals surface area (Å²) in [6.45, 7) is 12.4. The smallest absolute Gasteiger partial charge is 0.0693 e. The van der Waals surface area contributed by atoms with Gasteiger partial charge in [0.2, 0.25) is 0 Å². The first-order chi connectivity index (χ1) is 11.1. The van der Waals surface area contributed by atoms with Crippen LogP contribution in [0.5, 0.6) is 0 Å². The maximum Gasteiger partial charge on any atom is 0.0693 e. The van der Waals surface area contributed by atoms with E-state index in [9.17, 15) is 5.11 Å². The third-order valence-corrected chi connectivity index (χ3v) is 8.02. The van der Waals surface area contributed by atoms with Gasteiger partial charge < -0.3 is 9.63 Å². The van der Waals surface area contributed by atoms with E-state index in [2.05, 4.69) is 49.6 Å². The maximum absolute atomic E-state index is 11.2. The number of allylic oxidation sites excluding steroid dienone is 1. The van der Waals surface area contributed by atoms with Gasteiger partial charge >= 0.3 is 0 Å². The minimum atomic E-state index is -0.517. The molecule has 2 fully saturated rings. The molecule has 2 aliphatic carbocycles. The molecule has 0 aromatic carbocycles. The Kier molecular flexibility index (Phi) is 6.98. The Balaban J connectivity index is 2.13. The van der Waals surface area contributed by atoms with Crippen molar-refractivity contribution in [2.45, 2.75) is 85.2 Å². The molecule has 1 N–H and O–H groups in total. The fourth-order valence-corrected chi connectivity index (χ4v) is 6.44. The highest BCUT2D eigenvalue weighted by atomic mass is 32.0. The van der Waals surface area contributed by atoms with E-state index in [-0.39, 0.29) is 5.41 Å². The lowest BCUT2D eigenvalue weighted by Crippen LogP contribution is -2.57. The monoisotopic (exact) mass is 372 g/mol. The zero-order chi connectivity index (χ0) is 18.0. The molecule has 2 rings (SSSR count). The molecule has 0 aromatic rings. The van der Waals surface area contributed by atoms with Crippen LogP contribution in [0, 0.1) is 22.7 Å². The molecule has 3 unspecified atom stereocenters. The molecule has 140 valence electrons. The number of fused-ring (bicyclic) bond motifs is 1. The topological polar surface area (TPSA) is 29.5 Å². The Morgan fingerprint density at radius 3 is 2.62 bits per heavy atom. The molecule has 2 nitrogen and oxygen atoms in total. The summed E-state index contributed by atoms with van der Waals surface area (Å²) in [5.41, 5.74) is 1.58. The minimum Gasteiger partial charge on any atom is -0.390 e. The van der Waals surface area contributed by atoms with Crippen LogP contribution in [0.4, 0.5) is 0 Å². The zero-order valence-electron chi connectivity index (χ0n) is 16.3. The Morgan fingerprint density at radius 2 is 1.96 bits per heavy atom. The van der Waals surface area contributed by atoms with E-state index < -0.39 is 5.60 Å². The number of hydrogen-bond donors (Lipinski definition) is 1. The molecule has 2 saturated carbocycles. The second-order valence-corrected chi connectivity index (χ2v) is 10.6. The SMILES string of the molecule is CC(=CCOPP)CC[C@@H]1[C@@]2(C)CCCC(C)(C)C2CC[C@@]1(C)O. The lowest BCUT2D eigenvalue weighted by atomic mass is 9.45. The quantitative estimate of drug-likeness (QED) is 0.346. The average Bonchev–Trinajstić information content (AvgIpc) is 2.45. The van der Waals surface area contributed by atoms with Gasteiger partial charge in [-0.25, -0.2) is 0 Å². The van der Waals surface area contributed by atoms with Crippen molar-refractivity contribution in [1.29, 1.82) is 0 Å². The molecule has 0 spiro atoms. The van der Waals surface area contributed by atoms with Gasteiger partial charge in [-0.2, -0.15) is 0 Å². The molecule has 0 aromatic heterocycles. The van der Waals surface area contributed by atoms with Crippen molar-refractivity contribution in [2.24, 2.45) is 22.7 Å². The van der Waals surface area contributed by atoms with Gasteiger partial charge in [-0.3, -0.25) is 0 Å². The van der Waals surface area contributed by atoms with E-state index in [4.69, 9.17) is 4.52 Å². The molecular weight excluding hydrogens is 334 g/mol. The van der Waals surface area contributed by atoms with Gasteiger partial charge in [-0.1, -0.05) is 47.8 Å². The van der Waals surface area contributed by atoms with Gasteiger partial charge in [0, 0.05) is 8.50 Å². The highest BCUT2D eigenvalue weighted by Gasteiger charge is 2.57. The van der Waals surface area contributed by atoms with Crippen LogP contribution in [-0.2, 0) is 4.52 Å². The molecule has 4 heteroatoms. The Bertz CT molecular complexity index is 459. The third kappa shape index (κ3) is 4.43. The van der Waals surface area contributed by atoms with E-state index in [0.717, 1.165) is 25.2 Å². The first-order valence-corrected chi connectivity index (χ1v) is 12.3. The molecule has 0 radical (unpaired) electrons. The van der Waals surface area contributed by atoms with Gasteiger partial charge in [-0.05, 0) is 75.0 Å². The van der Waals surface area contributed by atoms with Crippen LogP contribution < -0.4 is 0 Å². The van der Waals surface area contributed by atoms with Gasteiger partial charge in [0.05, 0.1) is 12.2 Å². The predicted octanol–water partition coefficient (Wildman–Crippen LogP) is 6.11. The first kappa shape index (κ1) is 20.8. The largest absolute Gasteiger partial charge is 0.390 e. The summed E-state index contributed by atoms with van der Waals surface area (Å²) < 4.78 is 5.43. The molecule has 0 heterocycles. The predicted molar refractivity (Wildman–Crippen MR) is 110 cm³/mol. The van der Waals surface area contributed by atoms with Crippen LogP contribution >= 0.6 is 17.4 Å². The fraction of sp³-hybridized carbons (Fsp3) is 0.900. The average molecular weight is 372 g/mol. The number of rotatable bonds is 6. The van der Waals surface area contributed by atoms with Crippen molar-refractivity contribution in [1.82, 2.24) is 0 Å². The van der Waals surface area contributed by atoms with Crippen molar-refractivity contribution < 1.29 is 9.63 Å². The Morgan fingerprint density at radius 1 is 1.25 bits per heavy atom. The maximum atomic E-state index is 11.2. The van der Waals surface area contributed by atoms with Crippen LogP contribution in [0.1, 0.15) is 79.6 Å². The van der Waals surface area contributed by atoms with E-state index in [1.807, 2.05) is 0 Å². The second kappa shape index (κ2) is 8.04. The lowest BCUT2D eigenvalue weighted by Gasteiger charge is -2.61. The van der Waals surface area contributed by atoms with E-state index >= 15 is 0 Å². The van der Waals surface area contributed by atoms with E-state index in [1.54, 1.807) is 0 Å². The third-order valence-electron chi connectivity index (χ3n) is 7.19. The summed E-state index contributed by atoms with van der Waals surface area (Å²) >= 11 is 0.